The zero-order chi connectivity index (χ0) is 10.7. The number of anilines is 1. The van der Waals surface area contributed by atoms with Crippen LogP contribution >= 0.6 is 0 Å². The van der Waals surface area contributed by atoms with Crippen LogP contribution in [0.15, 0.2) is 36.5 Å². The molecule has 1 aromatic heterocycles. The average Bonchev–Trinajstić information content (AvgIpc) is 2.26. The van der Waals surface area contributed by atoms with Gasteiger partial charge >= 0.3 is 0 Å². The zero-order valence-electron chi connectivity index (χ0n) is 8.77. The summed E-state index contributed by atoms with van der Waals surface area (Å²) >= 11 is 0. The quantitative estimate of drug-likeness (QED) is 0.798. The second-order valence-corrected chi connectivity index (χ2v) is 3.73. The Morgan fingerprint density at radius 1 is 1.33 bits per heavy atom. The van der Waals surface area contributed by atoms with E-state index in [-0.39, 0.29) is 6.04 Å². The second-order valence-electron chi connectivity index (χ2n) is 3.73. The molecular formula is C12H15N3. The van der Waals surface area contributed by atoms with Crippen LogP contribution in [0.1, 0.15) is 6.92 Å². The minimum absolute atomic E-state index is 0.150. The molecule has 78 valence electrons. The van der Waals surface area contributed by atoms with Crippen LogP contribution in [0.25, 0.3) is 10.9 Å². The highest BCUT2D eigenvalue weighted by Crippen LogP contribution is 2.20. The molecule has 3 heteroatoms. The summed E-state index contributed by atoms with van der Waals surface area (Å²) in [7, 11) is 0. The van der Waals surface area contributed by atoms with Crippen LogP contribution in [0.4, 0.5) is 5.69 Å². The Balaban J connectivity index is 2.34. The van der Waals surface area contributed by atoms with Crippen molar-refractivity contribution < 1.29 is 0 Å². The van der Waals surface area contributed by atoms with Crippen molar-refractivity contribution in [2.75, 3.05) is 11.9 Å². The van der Waals surface area contributed by atoms with Gasteiger partial charge < -0.3 is 11.1 Å². The van der Waals surface area contributed by atoms with E-state index in [4.69, 9.17) is 5.73 Å². The Kier molecular flexibility index (Phi) is 2.83. The fraction of sp³-hybridized carbons (Fsp3) is 0.250. The maximum absolute atomic E-state index is 5.71. The van der Waals surface area contributed by atoms with E-state index in [0.29, 0.717) is 0 Å². The standard InChI is InChI=1S/C12H15N3/c1-9(13)8-15-12-6-7-14-11-5-3-2-4-10(11)12/h2-7,9H,8,13H2,1H3,(H,14,15). The molecule has 0 bridgehead atoms. The summed E-state index contributed by atoms with van der Waals surface area (Å²) in [4.78, 5) is 4.30. The number of nitrogens with two attached hydrogens (primary N) is 1. The summed E-state index contributed by atoms with van der Waals surface area (Å²) in [5.74, 6) is 0. The smallest absolute Gasteiger partial charge is 0.0722 e. The van der Waals surface area contributed by atoms with Gasteiger partial charge in [0.15, 0.2) is 0 Å². The van der Waals surface area contributed by atoms with Crippen LogP contribution in [-0.4, -0.2) is 17.6 Å². The molecule has 0 aliphatic heterocycles. The number of hydrogen-bond acceptors (Lipinski definition) is 3. The van der Waals surface area contributed by atoms with Gasteiger partial charge in [0.2, 0.25) is 0 Å². The third kappa shape index (κ3) is 2.25. The van der Waals surface area contributed by atoms with E-state index < -0.39 is 0 Å². The van der Waals surface area contributed by atoms with E-state index in [9.17, 15) is 0 Å². The number of nitrogens with one attached hydrogen (secondary N) is 1. The first-order chi connectivity index (χ1) is 7.27. The average molecular weight is 201 g/mol. The van der Waals surface area contributed by atoms with E-state index in [1.54, 1.807) is 0 Å². The monoisotopic (exact) mass is 201 g/mol. The highest BCUT2D eigenvalue weighted by atomic mass is 14.9. The van der Waals surface area contributed by atoms with E-state index in [1.807, 2.05) is 37.4 Å². The third-order valence-corrected chi connectivity index (χ3v) is 2.26. The summed E-state index contributed by atoms with van der Waals surface area (Å²) < 4.78 is 0. The lowest BCUT2D eigenvalue weighted by atomic mass is 10.2. The van der Waals surface area contributed by atoms with Gasteiger partial charge in [0.1, 0.15) is 0 Å². The summed E-state index contributed by atoms with van der Waals surface area (Å²) in [5.41, 5.74) is 7.81. The predicted molar refractivity (Wildman–Crippen MR) is 63.9 cm³/mol. The van der Waals surface area contributed by atoms with Gasteiger partial charge in [-0.1, -0.05) is 18.2 Å². The van der Waals surface area contributed by atoms with Gasteiger partial charge in [0, 0.05) is 29.9 Å². The molecule has 1 atom stereocenters. The molecule has 0 saturated heterocycles. The van der Waals surface area contributed by atoms with Crippen LogP contribution in [0.2, 0.25) is 0 Å². The lowest BCUT2D eigenvalue weighted by Crippen LogP contribution is -2.25. The van der Waals surface area contributed by atoms with Crippen molar-refractivity contribution in [1.82, 2.24) is 4.98 Å². The minimum atomic E-state index is 0.150. The third-order valence-electron chi connectivity index (χ3n) is 2.26. The molecule has 0 radical (unpaired) electrons. The Bertz CT molecular complexity index is 446. The molecule has 3 nitrogen and oxygen atoms in total. The van der Waals surface area contributed by atoms with Gasteiger partial charge in [0.25, 0.3) is 0 Å². The molecule has 0 fully saturated rings. The molecule has 1 aromatic carbocycles. The van der Waals surface area contributed by atoms with E-state index in [0.717, 1.165) is 23.1 Å². The van der Waals surface area contributed by atoms with Crippen LogP contribution in [-0.2, 0) is 0 Å². The topological polar surface area (TPSA) is 50.9 Å². The largest absolute Gasteiger partial charge is 0.383 e. The fourth-order valence-corrected chi connectivity index (χ4v) is 1.52. The second kappa shape index (κ2) is 4.28. The number of para-hydroxylation sites is 1. The summed E-state index contributed by atoms with van der Waals surface area (Å²) in [6, 6.07) is 10.2. The molecule has 0 spiro atoms. The van der Waals surface area contributed by atoms with Gasteiger partial charge in [-0.25, -0.2) is 0 Å². The molecule has 2 aromatic rings. The molecule has 3 N–H and O–H groups in total. The van der Waals surface area contributed by atoms with Crippen molar-refractivity contribution >= 4 is 16.6 Å². The molecule has 15 heavy (non-hydrogen) atoms. The number of rotatable bonds is 3. The number of nitrogens with zero attached hydrogens (tertiary/aromatic N) is 1. The number of fused-ring (bicyclic) bond motifs is 1. The summed E-state index contributed by atoms with van der Waals surface area (Å²) in [6.45, 7) is 2.75. The first-order valence-corrected chi connectivity index (χ1v) is 5.10. The molecule has 1 unspecified atom stereocenters. The van der Waals surface area contributed by atoms with E-state index in [1.165, 1.54) is 0 Å². The van der Waals surface area contributed by atoms with Crippen LogP contribution < -0.4 is 11.1 Å². The Morgan fingerprint density at radius 2 is 2.13 bits per heavy atom. The number of benzene rings is 1. The molecule has 1 heterocycles. The normalized spacial score (nSPS) is 12.7. The van der Waals surface area contributed by atoms with Crippen LogP contribution in [0, 0.1) is 0 Å². The molecule has 0 aliphatic carbocycles. The molecule has 0 saturated carbocycles. The van der Waals surface area contributed by atoms with Crippen molar-refractivity contribution in [2.24, 2.45) is 5.73 Å². The van der Waals surface area contributed by atoms with Gasteiger partial charge in [-0.2, -0.15) is 0 Å². The van der Waals surface area contributed by atoms with Gasteiger partial charge in [-0.05, 0) is 19.1 Å². The molecule has 2 rings (SSSR count). The van der Waals surface area contributed by atoms with Gasteiger partial charge in [0.05, 0.1) is 5.52 Å². The van der Waals surface area contributed by atoms with Crippen LogP contribution in [0.5, 0.6) is 0 Å². The zero-order valence-corrected chi connectivity index (χ0v) is 8.77. The first kappa shape index (κ1) is 9.93. The highest BCUT2D eigenvalue weighted by molar-refractivity contribution is 5.90. The number of aromatic nitrogens is 1. The van der Waals surface area contributed by atoms with Crippen molar-refractivity contribution in [3.05, 3.63) is 36.5 Å². The Labute approximate surface area is 89.3 Å². The Hall–Kier alpha value is -1.61. The Morgan fingerprint density at radius 3 is 2.93 bits per heavy atom. The van der Waals surface area contributed by atoms with Gasteiger partial charge in [-0.3, -0.25) is 4.98 Å². The lowest BCUT2D eigenvalue weighted by molar-refractivity contribution is 0.781. The highest BCUT2D eigenvalue weighted by Gasteiger charge is 2.00. The molecule has 0 aliphatic rings. The van der Waals surface area contributed by atoms with E-state index in [2.05, 4.69) is 16.4 Å². The van der Waals surface area contributed by atoms with E-state index >= 15 is 0 Å². The van der Waals surface area contributed by atoms with Crippen molar-refractivity contribution in [3.63, 3.8) is 0 Å². The fourth-order valence-electron chi connectivity index (χ4n) is 1.52. The van der Waals surface area contributed by atoms with Gasteiger partial charge in [-0.15, -0.1) is 0 Å². The van der Waals surface area contributed by atoms with Crippen molar-refractivity contribution in [2.45, 2.75) is 13.0 Å². The predicted octanol–water partition coefficient (Wildman–Crippen LogP) is 1.99. The summed E-state index contributed by atoms with van der Waals surface area (Å²) in [6.07, 6.45) is 1.81. The first-order valence-electron chi connectivity index (χ1n) is 5.10. The SMILES string of the molecule is CC(N)CNc1ccnc2ccccc12. The number of pyridine rings is 1. The van der Waals surface area contributed by atoms with Crippen molar-refractivity contribution in [1.29, 1.82) is 0 Å². The minimum Gasteiger partial charge on any atom is -0.383 e. The molecular weight excluding hydrogens is 186 g/mol. The molecule has 0 amide bonds. The maximum atomic E-state index is 5.71. The van der Waals surface area contributed by atoms with Crippen molar-refractivity contribution in [3.8, 4) is 0 Å². The summed E-state index contributed by atoms with van der Waals surface area (Å²) in [5, 5.41) is 4.46. The van der Waals surface area contributed by atoms with Crippen LogP contribution in [0.3, 0.4) is 0 Å². The lowest BCUT2D eigenvalue weighted by Gasteiger charge is -2.10. The maximum Gasteiger partial charge on any atom is 0.0722 e. The number of hydrogen-bond donors (Lipinski definition) is 2.